The lowest BCUT2D eigenvalue weighted by Crippen LogP contribution is -2.46. The highest BCUT2D eigenvalue weighted by Gasteiger charge is 2.21. The fourth-order valence-electron chi connectivity index (χ4n) is 4.28. The van der Waals surface area contributed by atoms with E-state index in [2.05, 4.69) is 83.1 Å². The average Bonchev–Trinajstić information content (AvgIpc) is 3.28. The Morgan fingerprint density at radius 3 is 2.28 bits per heavy atom. The molecule has 0 N–H and O–H groups in total. The first kappa shape index (κ1) is 20.6. The van der Waals surface area contributed by atoms with Crippen LogP contribution in [0.25, 0.3) is 17.0 Å². The number of rotatable bonds is 4. The van der Waals surface area contributed by atoms with Crippen LogP contribution in [0.15, 0.2) is 67.0 Å². The van der Waals surface area contributed by atoms with Crippen molar-refractivity contribution in [2.24, 2.45) is 0 Å². The van der Waals surface area contributed by atoms with Gasteiger partial charge in [-0.25, -0.2) is 4.98 Å². The summed E-state index contributed by atoms with van der Waals surface area (Å²) in [4.78, 5) is 14.0. The Bertz CT molecular complexity index is 1180. The van der Waals surface area contributed by atoms with E-state index in [9.17, 15) is 0 Å². The summed E-state index contributed by atoms with van der Waals surface area (Å²) in [6.07, 6.45) is 1.58. The largest absolute Gasteiger partial charge is 0.354 e. The number of hydrogen-bond acceptors (Lipinski definition) is 5. The van der Waals surface area contributed by atoms with Crippen LogP contribution in [0.1, 0.15) is 31.9 Å². The topological polar surface area (TPSA) is 49.6 Å². The fraction of sp³-hybridized carbons (Fsp3) is 0.346. The Morgan fingerprint density at radius 2 is 1.59 bits per heavy atom. The number of aromatic nitrogens is 4. The minimum Gasteiger partial charge on any atom is -0.354 e. The van der Waals surface area contributed by atoms with Crippen LogP contribution in [-0.4, -0.2) is 50.7 Å². The zero-order valence-electron chi connectivity index (χ0n) is 19.1. The van der Waals surface area contributed by atoms with Crippen LogP contribution in [0, 0.1) is 0 Å². The van der Waals surface area contributed by atoms with Crippen molar-refractivity contribution in [3.63, 3.8) is 0 Å². The summed E-state index contributed by atoms with van der Waals surface area (Å²) < 4.78 is 1.85. The molecule has 0 unspecified atom stereocenters. The number of piperazine rings is 1. The summed E-state index contributed by atoms with van der Waals surface area (Å²) in [7, 11) is 0. The first-order valence-electron chi connectivity index (χ1n) is 11.3. The average molecular weight is 427 g/mol. The quantitative estimate of drug-likeness (QED) is 0.484. The van der Waals surface area contributed by atoms with Crippen LogP contribution >= 0.6 is 0 Å². The van der Waals surface area contributed by atoms with Crippen molar-refractivity contribution < 1.29 is 0 Å². The maximum absolute atomic E-state index is 4.71. The Balaban J connectivity index is 1.30. The maximum atomic E-state index is 4.71. The molecule has 0 atom stereocenters. The van der Waals surface area contributed by atoms with Crippen molar-refractivity contribution >= 4 is 11.6 Å². The highest BCUT2D eigenvalue weighted by atomic mass is 15.4. The van der Waals surface area contributed by atoms with E-state index in [0.717, 1.165) is 49.8 Å². The maximum Gasteiger partial charge on any atom is 0.254 e. The van der Waals surface area contributed by atoms with Gasteiger partial charge in [-0.2, -0.15) is 14.6 Å². The molecule has 1 aliphatic rings. The lowest BCUT2D eigenvalue weighted by Gasteiger charge is -2.36. The first-order chi connectivity index (χ1) is 15.5. The minimum absolute atomic E-state index is 0.194. The summed E-state index contributed by atoms with van der Waals surface area (Å²) in [6.45, 7) is 11.7. The third-order valence-electron chi connectivity index (χ3n) is 6.23. The van der Waals surface area contributed by atoms with Gasteiger partial charge < -0.3 is 4.90 Å². The van der Waals surface area contributed by atoms with Gasteiger partial charge in [0.15, 0.2) is 0 Å². The van der Waals surface area contributed by atoms with Crippen LogP contribution < -0.4 is 4.90 Å². The molecular formula is C26H30N6. The second kappa shape index (κ2) is 8.36. The van der Waals surface area contributed by atoms with E-state index in [0.29, 0.717) is 5.78 Å². The third-order valence-corrected chi connectivity index (χ3v) is 6.23. The molecule has 0 aliphatic carbocycles. The predicted molar refractivity (Wildman–Crippen MR) is 129 cm³/mol. The van der Waals surface area contributed by atoms with Crippen LogP contribution in [0.2, 0.25) is 0 Å². The van der Waals surface area contributed by atoms with Gasteiger partial charge in [-0.1, -0.05) is 75.4 Å². The number of fused-ring (bicyclic) bond motifs is 1. The first-order valence-corrected chi connectivity index (χ1v) is 11.3. The molecule has 1 aliphatic heterocycles. The van der Waals surface area contributed by atoms with Crippen LogP contribution in [0.4, 0.5) is 5.82 Å². The number of nitrogens with zero attached hydrogens (tertiary/aromatic N) is 6. The normalized spacial score (nSPS) is 15.4. The third kappa shape index (κ3) is 4.23. The molecule has 2 aromatic heterocycles. The highest BCUT2D eigenvalue weighted by molar-refractivity contribution is 5.65. The molecule has 1 saturated heterocycles. The van der Waals surface area contributed by atoms with Crippen molar-refractivity contribution in [1.29, 1.82) is 0 Å². The molecule has 0 saturated carbocycles. The zero-order valence-corrected chi connectivity index (χ0v) is 19.1. The van der Waals surface area contributed by atoms with Gasteiger partial charge in [0.05, 0.1) is 5.69 Å². The Hall–Kier alpha value is -3.25. The van der Waals surface area contributed by atoms with E-state index in [1.54, 1.807) is 6.33 Å². The minimum atomic E-state index is 0.194. The van der Waals surface area contributed by atoms with E-state index in [4.69, 9.17) is 4.98 Å². The van der Waals surface area contributed by atoms with E-state index in [1.807, 2.05) is 22.7 Å². The molecular weight excluding hydrogens is 396 g/mol. The molecule has 5 rings (SSSR count). The molecule has 6 nitrogen and oxygen atoms in total. The summed E-state index contributed by atoms with van der Waals surface area (Å²) in [5.74, 6) is 1.70. The molecule has 3 heterocycles. The van der Waals surface area contributed by atoms with E-state index in [1.165, 1.54) is 11.1 Å². The zero-order chi connectivity index (χ0) is 22.1. The predicted octanol–water partition coefficient (Wildman–Crippen LogP) is 4.41. The van der Waals surface area contributed by atoms with E-state index >= 15 is 0 Å². The Morgan fingerprint density at radius 1 is 0.875 bits per heavy atom. The molecule has 6 heteroatoms. The van der Waals surface area contributed by atoms with Gasteiger partial charge in [-0.15, -0.1) is 0 Å². The standard InChI is InChI=1S/C26H30N6/c1-26(2,3)22-11-9-20(10-12-22)18-30-13-15-31(16-14-30)24-17-23(21-7-5-4-6-8-21)29-25-27-19-28-32(24)25/h4-12,17,19H,13-16,18H2,1-3H3. The molecule has 0 amide bonds. The summed E-state index contributed by atoms with van der Waals surface area (Å²) in [5, 5.41) is 4.43. The molecule has 2 aromatic carbocycles. The number of anilines is 1. The van der Waals surface area contributed by atoms with Crippen molar-refractivity contribution in [3.05, 3.63) is 78.1 Å². The molecule has 32 heavy (non-hydrogen) atoms. The second-order valence-electron chi connectivity index (χ2n) is 9.55. The smallest absolute Gasteiger partial charge is 0.254 e. The molecule has 0 bridgehead atoms. The molecule has 4 aromatic rings. The van der Waals surface area contributed by atoms with Crippen molar-refractivity contribution in [3.8, 4) is 11.3 Å². The van der Waals surface area contributed by atoms with Crippen molar-refractivity contribution in [2.45, 2.75) is 32.7 Å². The van der Waals surface area contributed by atoms with E-state index < -0.39 is 0 Å². The molecule has 0 radical (unpaired) electrons. The van der Waals surface area contributed by atoms with Gasteiger partial charge in [0.25, 0.3) is 5.78 Å². The van der Waals surface area contributed by atoms with Gasteiger partial charge in [0.1, 0.15) is 12.1 Å². The monoisotopic (exact) mass is 426 g/mol. The van der Waals surface area contributed by atoms with Gasteiger partial charge in [0, 0.05) is 44.4 Å². The van der Waals surface area contributed by atoms with Crippen LogP contribution in [-0.2, 0) is 12.0 Å². The summed E-state index contributed by atoms with van der Waals surface area (Å²) >= 11 is 0. The van der Waals surface area contributed by atoms with Gasteiger partial charge in [0.2, 0.25) is 0 Å². The Kier molecular flexibility index (Phi) is 5.39. The molecule has 164 valence electrons. The van der Waals surface area contributed by atoms with Gasteiger partial charge in [-0.3, -0.25) is 4.90 Å². The van der Waals surface area contributed by atoms with E-state index in [-0.39, 0.29) is 5.41 Å². The van der Waals surface area contributed by atoms with Crippen LogP contribution in [0.5, 0.6) is 0 Å². The highest BCUT2D eigenvalue weighted by Crippen LogP contribution is 2.25. The van der Waals surface area contributed by atoms with Crippen LogP contribution in [0.3, 0.4) is 0 Å². The SMILES string of the molecule is CC(C)(C)c1ccc(CN2CCN(c3cc(-c4ccccc4)nc4ncnn34)CC2)cc1. The number of benzene rings is 2. The number of hydrogen-bond donors (Lipinski definition) is 0. The Labute approximate surface area is 189 Å². The van der Waals surface area contributed by atoms with Crippen molar-refractivity contribution in [1.82, 2.24) is 24.5 Å². The summed E-state index contributed by atoms with van der Waals surface area (Å²) in [5.41, 5.74) is 4.98. The molecule has 1 fully saturated rings. The molecule has 0 spiro atoms. The lowest BCUT2D eigenvalue weighted by atomic mass is 9.87. The second-order valence-corrected chi connectivity index (χ2v) is 9.55. The fourth-order valence-corrected chi connectivity index (χ4v) is 4.28. The lowest BCUT2D eigenvalue weighted by molar-refractivity contribution is 0.249. The summed E-state index contributed by atoms with van der Waals surface area (Å²) in [6, 6.07) is 21.5. The van der Waals surface area contributed by atoms with Gasteiger partial charge >= 0.3 is 0 Å². The van der Waals surface area contributed by atoms with Crippen molar-refractivity contribution in [2.75, 3.05) is 31.1 Å². The van der Waals surface area contributed by atoms with Gasteiger partial charge in [-0.05, 0) is 16.5 Å².